The number of allylic oxidation sites excluding steroid dienone is 1. The summed E-state index contributed by atoms with van der Waals surface area (Å²) in [4.78, 5) is 11.4. The van der Waals surface area contributed by atoms with Crippen LogP contribution in [0.1, 0.15) is 38.5 Å². The molecular formula is C14H20O4. The summed E-state index contributed by atoms with van der Waals surface area (Å²) < 4.78 is 11.9. The molecule has 3 rings (SSSR count). The van der Waals surface area contributed by atoms with Crippen LogP contribution < -0.4 is 0 Å². The first-order valence-electron chi connectivity index (χ1n) is 6.89. The van der Waals surface area contributed by atoms with Crippen molar-refractivity contribution in [2.45, 2.75) is 56.5 Å². The van der Waals surface area contributed by atoms with Crippen LogP contribution in [0.4, 0.5) is 0 Å². The van der Waals surface area contributed by atoms with Gasteiger partial charge >= 0.3 is 0 Å². The van der Waals surface area contributed by atoms with Gasteiger partial charge in [-0.2, -0.15) is 0 Å². The first-order chi connectivity index (χ1) is 8.69. The summed E-state index contributed by atoms with van der Waals surface area (Å²) in [5.74, 6) is -0.505. The Balaban J connectivity index is 1.68. The Morgan fingerprint density at radius 1 is 1.28 bits per heavy atom. The fourth-order valence-electron chi connectivity index (χ4n) is 3.26. The van der Waals surface area contributed by atoms with E-state index in [0.717, 1.165) is 25.7 Å². The Kier molecular flexibility index (Phi) is 3.26. The van der Waals surface area contributed by atoms with E-state index in [4.69, 9.17) is 9.47 Å². The van der Waals surface area contributed by atoms with Crippen molar-refractivity contribution in [3.05, 3.63) is 12.2 Å². The highest BCUT2D eigenvalue weighted by Crippen LogP contribution is 2.40. The molecular weight excluding hydrogens is 232 g/mol. The molecule has 1 aliphatic heterocycles. The largest absolute Gasteiger partial charge is 0.389 e. The lowest BCUT2D eigenvalue weighted by molar-refractivity contribution is -0.194. The maximum absolute atomic E-state index is 11.4. The Hall–Kier alpha value is -0.710. The van der Waals surface area contributed by atoms with Gasteiger partial charge in [0.1, 0.15) is 0 Å². The van der Waals surface area contributed by atoms with Crippen molar-refractivity contribution in [2.75, 3.05) is 6.61 Å². The van der Waals surface area contributed by atoms with Crippen molar-refractivity contribution in [3.8, 4) is 0 Å². The standard InChI is InChI=1S/C14H20O4/c15-10-4-5-12(16)11(8-10)13-9-17-14(18-13)6-2-1-3-7-14/h4-5,11-13,16H,1-3,6-9H2/t11-,12+,13+/m0/s1. The molecule has 0 radical (unpaired) electrons. The Labute approximate surface area is 107 Å². The van der Waals surface area contributed by atoms with Crippen LogP contribution in [0.25, 0.3) is 0 Å². The molecule has 18 heavy (non-hydrogen) atoms. The van der Waals surface area contributed by atoms with E-state index in [2.05, 4.69) is 0 Å². The van der Waals surface area contributed by atoms with Crippen LogP contribution >= 0.6 is 0 Å². The molecule has 1 N–H and O–H groups in total. The number of carbonyl (C=O) groups is 1. The fourth-order valence-corrected chi connectivity index (χ4v) is 3.26. The van der Waals surface area contributed by atoms with Gasteiger partial charge in [-0.1, -0.05) is 12.5 Å². The summed E-state index contributed by atoms with van der Waals surface area (Å²) in [5.41, 5.74) is 0. The summed E-state index contributed by atoms with van der Waals surface area (Å²) in [5, 5.41) is 9.96. The van der Waals surface area contributed by atoms with Gasteiger partial charge in [-0.3, -0.25) is 4.79 Å². The molecule has 0 unspecified atom stereocenters. The molecule has 0 bridgehead atoms. The second kappa shape index (κ2) is 4.76. The minimum absolute atomic E-state index is 0.0681. The highest BCUT2D eigenvalue weighted by Gasteiger charge is 2.46. The summed E-state index contributed by atoms with van der Waals surface area (Å²) in [6.07, 6.45) is 8.07. The fraction of sp³-hybridized carbons (Fsp3) is 0.786. The molecule has 100 valence electrons. The average molecular weight is 252 g/mol. The van der Waals surface area contributed by atoms with Crippen LogP contribution in [0.15, 0.2) is 12.2 Å². The van der Waals surface area contributed by atoms with Crippen molar-refractivity contribution in [1.82, 2.24) is 0 Å². The third-order valence-electron chi connectivity index (χ3n) is 4.32. The zero-order valence-corrected chi connectivity index (χ0v) is 10.5. The van der Waals surface area contributed by atoms with E-state index >= 15 is 0 Å². The number of ether oxygens (including phenoxy) is 2. The predicted molar refractivity (Wildman–Crippen MR) is 64.9 cm³/mol. The second-order valence-electron chi connectivity index (χ2n) is 5.62. The summed E-state index contributed by atoms with van der Waals surface area (Å²) in [7, 11) is 0. The number of hydrogen-bond acceptors (Lipinski definition) is 4. The van der Waals surface area contributed by atoms with Crippen LogP contribution in [-0.2, 0) is 14.3 Å². The third kappa shape index (κ3) is 2.25. The smallest absolute Gasteiger partial charge is 0.168 e. The number of hydrogen-bond donors (Lipinski definition) is 1. The zero-order chi connectivity index (χ0) is 12.6. The van der Waals surface area contributed by atoms with Crippen LogP contribution in [0.3, 0.4) is 0 Å². The van der Waals surface area contributed by atoms with Gasteiger partial charge < -0.3 is 14.6 Å². The first kappa shape index (κ1) is 12.3. The maximum atomic E-state index is 11.4. The normalized spacial score (nSPS) is 39.4. The highest BCUT2D eigenvalue weighted by atomic mass is 16.7. The molecule has 0 aromatic rings. The Morgan fingerprint density at radius 3 is 2.83 bits per heavy atom. The Morgan fingerprint density at radius 2 is 2.06 bits per heavy atom. The molecule has 1 spiro atoms. The Bertz CT molecular complexity index is 357. The first-order valence-corrected chi connectivity index (χ1v) is 6.89. The topological polar surface area (TPSA) is 55.8 Å². The van der Waals surface area contributed by atoms with Gasteiger partial charge in [0.05, 0.1) is 18.8 Å². The molecule has 4 heteroatoms. The maximum Gasteiger partial charge on any atom is 0.168 e. The molecule has 4 nitrogen and oxygen atoms in total. The number of aliphatic hydroxyl groups excluding tert-OH is 1. The monoisotopic (exact) mass is 252 g/mol. The number of rotatable bonds is 1. The highest BCUT2D eigenvalue weighted by molar-refractivity contribution is 5.90. The number of ketones is 1. The molecule has 1 heterocycles. The molecule has 1 saturated heterocycles. The minimum Gasteiger partial charge on any atom is -0.389 e. The number of carbonyl (C=O) groups excluding carboxylic acids is 1. The lowest BCUT2D eigenvalue weighted by Gasteiger charge is -2.33. The van der Waals surface area contributed by atoms with Gasteiger partial charge in [-0.05, 0) is 18.9 Å². The van der Waals surface area contributed by atoms with Gasteiger partial charge in [-0.15, -0.1) is 0 Å². The van der Waals surface area contributed by atoms with Gasteiger partial charge in [0.15, 0.2) is 11.6 Å². The SMILES string of the molecule is O=C1C=C[C@@H](O)[C@@H]([C@H]2COC3(CCCCC3)O2)C1. The van der Waals surface area contributed by atoms with E-state index in [1.807, 2.05) is 0 Å². The van der Waals surface area contributed by atoms with E-state index < -0.39 is 11.9 Å². The van der Waals surface area contributed by atoms with Gasteiger partial charge in [0.2, 0.25) is 0 Å². The van der Waals surface area contributed by atoms with Crippen molar-refractivity contribution < 1.29 is 19.4 Å². The minimum atomic E-state index is -0.588. The quantitative estimate of drug-likeness (QED) is 0.769. The second-order valence-corrected chi connectivity index (χ2v) is 5.62. The molecule has 3 atom stereocenters. The summed E-state index contributed by atoms with van der Waals surface area (Å²) in [6.45, 7) is 0.503. The van der Waals surface area contributed by atoms with E-state index in [1.54, 1.807) is 6.08 Å². The van der Waals surface area contributed by atoms with Gasteiger partial charge in [0.25, 0.3) is 0 Å². The molecule has 3 aliphatic rings. The van der Waals surface area contributed by atoms with Gasteiger partial charge in [0, 0.05) is 25.2 Å². The van der Waals surface area contributed by atoms with Crippen LogP contribution in [-0.4, -0.2) is 35.5 Å². The van der Waals surface area contributed by atoms with Crippen molar-refractivity contribution >= 4 is 5.78 Å². The van der Waals surface area contributed by atoms with Crippen molar-refractivity contribution in [2.24, 2.45) is 5.92 Å². The van der Waals surface area contributed by atoms with Gasteiger partial charge in [-0.25, -0.2) is 0 Å². The van der Waals surface area contributed by atoms with E-state index in [9.17, 15) is 9.90 Å². The lowest BCUT2D eigenvalue weighted by atomic mass is 9.86. The van der Waals surface area contributed by atoms with Crippen LogP contribution in [0.2, 0.25) is 0 Å². The molecule has 2 fully saturated rings. The van der Waals surface area contributed by atoms with Crippen molar-refractivity contribution in [3.63, 3.8) is 0 Å². The van der Waals surface area contributed by atoms with Crippen LogP contribution in [0, 0.1) is 5.92 Å². The molecule has 2 aliphatic carbocycles. The zero-order valence-electron chi connectivity index (χ0n) is 10.5. The van der Waals surface area contributed by atoms with Crippen molar-refractivity contribution in [1.29, 1.82) is 0 Å². The lowest BCUT2D eigenvalue weighted by Crippen LogP contribution is -2.39. The molecule has 0 amide bonds. The summed E-state index contributed by atoms with van der Waals surface area (Å²) >= 11 is 0. The third-order valence-corrected chi connectivity index (χ3v) is 4.32. The predicted octanol–water partition coefficient (Wildman–Crippen LogP) is 1.57. The molecule has 1 saturated carbocycles. The van der Waals surface area contributed by atoms with E-state index in [1.165, 1.54) is 12.5 Å². The van der Waals surface area contributed by atoms with E-state index in [-0.39, 0.29) is 17.8 Å². The molecule has 0 aromatic carbocycles. The average Bonchev–Trinajstić information content (AvgIpc) is 2.77. The number of aliphatic hydroxyl groups is 1. The van der Waals surface area contributed by atoms with E-state index in [0.29, 0.717) is 13.0 Å². The van der Waals surface area contributed by atoms with Crippen LogP contribution in [0.5, 0.6) is 0 Å². The molecule has 0 aromatic heterocycles. The summed E-state index contributed by atoms with van der Waals surface area (Å²) in [6, 6.07) is 0.